The first-order valence-electron chi connectivity index (χ1n) is 11.5. The van der Waals surface area contributed by atoms with Crippen LogP contribution in [0.2, 0.25) is 10.0 Å². The number of anilines is 2. The van der Waals surface area contributed by atoms with Crippen LogP contribution in [-0.2, 0) is 10.2 Å². The van der Waals surface area contributed by atoms with Crippen LogP contribution in [0.1, 0.15) is 39.2 Å². The van der Waals surface area contributed by atoms with Crippen molar-refractivity contribution in [1.29, 1.82) is 0 Å². The molecule has 0 spiro atoms. The van der Waals surface area contributed by atoms with Crippen LogP contribution in [0.3, 0.4) is 0 Å². The first kappa shape index (κ1) is 26.8. The Bertz CT molecular complexity index is 981. The molecule has 2 aromatic rings. The largest absolute Gasteiger partial charge is 0.364 e. The minimum Gasteiger partial charge on any atom is -0.364 e. The van der Waals surface area contributed by atoms with Gasteiger partial charge in [0.25, 0.3) is 0 Å². The predicted octanol–water partition coefficient (Wildman–Crippen LogP) is 4.39. The van der Waals surface area contributed by atoms with Crippen molar-refractivity contribution in [2.45, 2.75) is 44.6 Å². The molecule has 2 N–H and O–H groups in total. The Morgan fingerprint density at radius 2 is 1.65 bits per heavy atom. The molecule has 0 aliphatic carbocycles. The topological polar surface area (TPSA) is 73.4 Å². The molecule has 0 bridgehead atoms. The summed E-state index contributed by atoms with van der Waals surface area (Å²) in [4.78, 5) is 26.8. The molecule has 10 heteroatoms. The highest BCUT2D eigenvalue weighted by molar-refractivity contribution is 6.35. The molecule has 1 aromatic carbocycles. The number of nitrogens with zero attached hydrogens (tertiary/aromatic N) is 4. The Morgan fingerprint density at radius 3 is 2.24 bits per heavy atom. The van der Waals surface area contributed by atoms with Gasteiger partial charge in [0.15, 0.2) is 11.6 Å². The van der Waals surface area contributed by atoms with Gasteiger partial charge in [-0.1, -0.05) is 35.3 Å². The zero-order valence-corrected chi connectivity index (χ0v) is 22.2. The fraction of sp³-hybridized carbons (Fsp3) is 0.542. The third-order valence-electron chi connectivity index (χ3n) is 6.39. The second-order valence-electron chi connectivity index (χ2n) is 9.85. The van der Waals surface area contributed by atoms with Gasteiger partial charge in [-0.15, -0.1) is 12.4 Å². The summed E-state index contributed by atoms with van der Waals surface area (Å²) in [7, 11) is 0. The molecule has 2 fully saturated rings. The van der Waals surface area contributed by atoms with Crippen LogP contribution in [0.25, 0.3) is 0 Å². The lowest BCUT2D eigenvalue weighted by Crippen LogP contribution is -2.57. The van der Waals surface area contributed by atoms with Crippen LogP contribution in [0.15, 0.2) is 30.6 Å². The molecule has 1 amide bonds. The first-order valence-corrected chi connectivity index (χ1v) is 12.2. The molecule has 3 heterocycles. The number of hydrogen-bond acceptors (Lipinski definition) is 6. The number of piperidine rings is 1. The van der Waals surface area contributed by atoms with Crippen molar-refractivity contribution in [2.24, 2.45) is 0 Å². The summed E-state index contributed by atoms with van der Waals surface area (Å²) in [5.74, 6) is 1.54. The lowest BCUT2D eigenvalue weighted by molar-refractivity contribution is -0.139. The Morgan fingerprint density at radius 1 is 1.03 bits per heavy atom. The van der Waals surface area contributed by atoms with Crippen molar-refractivity contribution in [3.05, 3.63) is 46.2 Å². The molecule has 34 heavy (non-hydrogen) atoms. The third-order valence-corrected chi connectivity index (χ3v) is 6.99. The monoisotopic (exact) mass is 526 g/mol. The molecule has 2 aliphatic heterocycles. The Hall–Kier alpha value is -1.80. The normalized spacial score (nSPS) is 18.3. The maximum absolute atomic E-state index is 13.9. The van der Waals surface area contributed by atoms with Gasteiger partial charge in [-0.2, -0.15) is 0 Å². The molecule has 186 valence electrons. The van der Waals surface area contributed by atoms with Crippen LogP contribution >= 0.6 is 35.6 Å². The second-order valence-corrected chi connectivity index (χ2v) is 10.7. The summed E-state index contributed by atoms with van der Waals surface area (Å²) >= 11 is 12.8. The zero-order chi connectivity index (χ0) is 23.6. The van der Waals surface area contributed by atoms with E-state index in [1.54, 1.807) is 0 Å². The number of aromatic nitrogens is 2. The van der Waals surface area contributed by atoms with E-state index < -0.39 is 5.41 Å². The average molecular weight is 528 g/mol. The summed E-state index contributed by atoms with van der Waals surface area (Å²) < 4.78 is 0. The molecule has 2 saturated heterocycles. The highest BCUT2D eigenvalue weighted by Crippen LogP contribution is 2.37. The average Bonchev–Trinajstić information content (AvgIpc) is 2.80. The second kappa shape index (κ2) is 10.9. The summed E-state index contributed by atoms with van der Waals surface area (Å²) in [6.07, 6.45) is 3.11. The maximum Gasteiger partial charge on any atom is 0.233 e. The fourth-order valence-electron chi connectivity index (χ4n) is 4.70. The predicted molar refractivity (Wildman–Crippen MR) is 142 cm³/mol. The number of nitrogens with one attached hydrogen (secondary N) is 2. The van der Waals surface area contributed by atoms with Crippen molar-refractivity contribution in [2.75, 3.05) is 49.5 Å². The SMILES string of the molecule is CC(C)(C)Nc1ncnc(N2CCN(C(=O)C3(c4ccc(Cl)cc4)CCNCC3)CC2)c1Cl.Cl. The number of benzene rings is 1. The van der Waals surface area contributed by atoms with E-state index in [0.29, 0.717) is 47.9 Å². The quantitative estimate of drug-likeness (QED) is 0.615. The van der Waals surface area contributed by atoms with Gasteiger partial charge >= 0.3 is 0 Å². The highest BCUT2D eigenvalue weighted by atomic mass is 35.5. The molecule has 0 saturated carbocycles. The van der Waals surface area contributed by atoms with E-state index in [0.717, 1.165) is 31.5 Å². The van der Waals surface area contributed by atoms with Gasteiger partial charge in [0.1, 0.15) is 11.3 Å². The van der Waals surface area contributed by atoms with Gasteiger partial charge in [0.2, 0.25) is 5.91 Å². The molecule has 0 unspecified atom stereocenters. The summed E-state index contributed by atoms with van der Waals surface area (Å²) in [6.45, 7) is 10.4. The van der Waals surface area contributed by atoms with E-state index in [1.165, 1.54) is 6.33 Å². The number of halogens is 3. The van der Waals surface area contributed by atoms with E-state index in [9.17, 15) is 4.79 Å². The maximum atomic E-state index is 13.9. The first-order chi connectivity index (χ1) is 15.7. The minimum absolute atomic E-state index is 0. The van der Waals surface area contributed by atoms with Crippen LogP contribution in [-0.4, -0.2) is 65.6 Å². The van der Waals surface area contributed by atoms with Crippen LogP contribution in [0, 0.1) is 0 Å². The van der Waals surface area contributed by atoms with Gasteiger partial charge in [-0.25, -0.2) is 9.97 Å². The number of piperazine rings is 1. The van der Waals surface area contributed by atoms with Crippen molar-refractivity contribution in [3.8, 4) is 0 Å². The summed E-state index contributed by atoms with van der Waals surface area (Å²) in [6, 6.07) is 7.77. The molecule has 0 radical (unpaired) electrons. The van der Waals surface area contributed by atoms with Gasteiger partial charge in [-0.05, 0) is 64.4 Å². The molecular formula is C24H33Cl3N6O. The van der Waals surface area contributed by atoms with E-state index in [-0.39, 0.29) is 23.9 Å². The number of carbonyl (C=O) groups is 1. The molecule has 1 aromatic heterocycles. The van der Waals surface area contributed by atoms with E-state index in [1.807, 2.05) is 29.2 Å². The lowest BCUT2D eigenvalue weighted by Gasteiger charge is -2.43. The number of amides is 1. The number of carbonyl (C=O) groups excluding carboxylic acids is 1. The molecule has 4 rings (SSSR count). The van der Waals surface area contributed by atoms with Gasteiger partial charge in [0, 0.05) is 36.7 Å². The number of hydrogen-bond donors (Lipinski definition) is 2. The Kier molecular flexibility index (Phi) is 8.56. The molecule has 2 aliphatic rings. The Balaban J connectivity index is 0.00000324. The van der Waals surface area contributed by atoms with Gasteiger partial charge < -0.3 is 20.4 Å². The smallest absolute Gasteiger partial charge is 0.233 e. The summed E-state index contributed by atoms with van der Waals surface area (Å²) in [5, 5.41) is 7.93. The molecule has 0 atom stereocenters. The van der Waals surface area contributed by atoms with Crippen LogP contribution in [0.4, 0.5) is 11.6 Å². The van der Waals surface area contributed by atoms with Crippen LogP contribution < -0.4 is 15.5 Å². The van der Waals surface area contributed by atoms with Crippen molar-refractivity contribution in [1.82, 2.24) is 20.2 Å². The minimum atomic E-state index is -0.506. The lowest BCUT2D eigenvalue weighted by atomic mass is 9.72. The zero-order valence-electron chi connectivity index (χ0n) is 19.9. The standard InChI is InChI=1S/C24H32Cl2N6O.ClH/c1-23(2,3)30-20-19(26)21(29-16-28-20)31-12-14-32(15-13-31)22(33)24(8-10-27-11-9-24)17-4-6-18(25)7-5-17;/h4-7,16,27H,8-15H2,1-3H3,(H,28,29,30);1H. The fourth-order valence-corrected chi connectivity index (χ4v) is 5.09. The van der Waals surface area contributed by atoms with Crippen LogP contribution in [0.5, 0.6) is 0 Å². The van der Waals surface area contributed by atoms with E-state index >= 15 is 0 Å². The van der Waals surface area contributed by atoms with E-state index in [4.69, 9.17) is 23.2 Å². The van der Waals surface area contributed by atoms with Crippen molar-refractivity contribution < 1.29 is 4.79 Å². The van der Waals surface area contributed by atoms with Crippen molar-refractivity contribution in [3.63, 3.8) is 0 Å². The Labute approximate surface area is 218 Å². The summed E-state index contributed by atoms with van der Waals surface area (Å²) in [5.41, 5.74) is 0.386. The van der Waals surface area contributed by atoms with Gasteiger partial charge in [0.05, 0.1) is 5.41 Å². The molecular weight excluding hydrogens is 495 g/mol. The van der Waals surface area contributed by atoms with Gasteiger partial charge in [-0.3, -0.25) is 4.79 Å². The van der Waals surface area contributed by atoms with E-state index in [2.05, 4.69) is 46.3 Å². The number of rotatable bonds is 4. The molecule has 7 nitrogen and oxygen atoms in total. The highest BCUT2D eigenvalue weighted by Gasteiger charge is 2.44. The van der Waals surface area contributed by atoms with Crippen molar-refractivity contribution >= 4 is 53.2 Å². The third kappa shape index (κ3) is 5.70.